The molecule has 0 aliphatic heterocycles. The molecule has 3 rings (SSSR count). The van der Waals surface area contributed by atoms with Crippen molar-refractivity contribution in [1.82, 2.24) is 5.32 Å². The summed E-state index contributed by atoms with van der Waals surface area (Å²) in [5.74, 6) is -2.78. The molecule has 1 aromatic carbocycles. The Morgan fingerprint density at radius 1 is 1.32 bits per heavy atom. The maximum absolute atomic E-state index is 12.8. The van der Waals surface area contributed by atoms with Crippen LogP contribution in [0.1, 0.15) is 30.9 Å². The molecule has 1 atom stereocenters. The Balaban J connectivity index is 1.71. The molecule has 25 heavy (non-hydrogen) atoms. The fraction of sp³-hybridized carbons (Fsp3) is 0.444. The summed E-state index contributed by atoms with van der Waals surface area (Å²) in [6.07, 6.45) is -1.54. The van der Waals surface area contributed by atoms with E-state index in [2.05, 4.69) is 5.32 Å². The second-order valence-corrected chi connectivity index (χ2v) is 6.53. The van der Waals surface area contributed by atoms with E-state index in [1.54, 1.807) is 25.1 Å². The number of rotatable bonds is 4. The van der Waals surface area contributed by atoms with Gasteiger partial charge in [0.1, 0.15) is 11.3 Å². The maximum atomic E-state index is 12.8. The number of hydrogen-bond donors (Lipinski definition) is 1. The van der Waals surface area contributed by atoms with E-state index in [4.69, 9.17) is 9.15 Å². The SMILES string of the molecule is Cc1c(C)c2ccc(OC(C)C(=O)NC3CC(F)(F)C3)cc2oc1=O. The first-order valence-electron chi connectivity index (χ1n) is 8.05. The molecule has 1 fully saturated rings. The van der Waals surface area contributed by atoms with E-state index in [0.717, 1.165) is 10.9 Å². The molecule has 1 heterocycles. The molecule has 0 bridgehead atoms. The highest BCUT2D eigenvalue weighted by atomic mass is 19.3. The van der Waals surface area contributed by atoms with Crippen LogP contribution >= 0.6 is 0 Å². The average molecular weight is 351 g/mol. The molecule has 1 N–H and O–H groups in total. The van der Waals surface area contributed by atoms with Gasteiger partial charge in [0, 0.05) is 35.9 Å². The molecular formula is C18H19F2NO4. The summed E-state index contributed by atoms with van der Waals surface area (Å²) in [6.45, 7) is 5.06. The zero-order valence-electron chi connectivity index (χ0n) is 14.2. The molecule has 7 heteroatoms. The van der Waals surface area contributed by atoms with Crippen LogP contribution in [-0.2, 0) is 4.79 Å². The van der Waals surface area contributed by atoms with E-state index in [-0.39, 0.29) is 12.8 Å². The molecule has 1 unspecified atom stereocenters. The third kappa shape index (κ3) is 3.50. The van der Waals surface area contributed by atoms with Crippen molar-refractivity contribution in [2.45, 2.75) is 51.7 Å². The first kappa shape index (κ1) is 17.4. The lowest BCUT2D eigenvalue weighted by Crippen LogP contribution is -2.53. The number of halogens is 2. The van der Waals surface area contributed by atoms with E-state index in [1.807, 2.05) is 6.92 Å². The average Bonchev–Trinajstić information content (AvgIpc) is 2.50. The maximum Gasteiger partial charge on any atom is 0.339 e. The van der Waals surface area contributed by atoms with Crippen LogP contribution < -0.4 is 15.7 Å². The van der Waals surface area contributed by atoms with Crippen molar-refractivity contribution in [2.24, 2.45) is 0 Å². The standard InChI is InChI=1S/C18H19F2NO4/c1-9-10(2)17(23)25-15-6-13(4-5-14(9)15)24-11(3)16(22)21-12-7-18(19,20)8-12/h4-6,11-12H,7-8H2,1-3H3,(H,21,22). The van der Waals surface area contributed by atoms with E-state index in [9.17, 15) is 18.4 Å². The van der Waals surface area contributed by atoms with Gasteiger partial charge in [0.2, 0.25) is 0 Å². The third-order valence-corrected chi connectivity index (χ3v) is 4.55. The second kappa shape index (κ2) is 6.13. The minimum absolute atomic E-state index is 0.342. The molecular weight excluding hydrogens is 332 g/mol. The molecule has 5 nitrogen and oxygen atoms in total. The fourth-order valence-corrected chi connectivity index (χ4v) is 2.84. The topological polar surface area (TPSA) is 68.5 Å². The number of fused-ring (bicyclic) bond motifs is 1. The summed E-state index contributed by atoms with van der Waals surface area (Å²) in [4.78, 5) is 23.8. The Kier molecular flexibility index (Phi) is 4.26. The van der Waals surface area contributed by atoms with Gasteiger partial charge in [0.05, 0.1) is 0 Å². The van der Waals surface area contributed by atoms with Gasteiger partial charge >= 0.3 is 5.63 Å². The lowest BCUT2D eigenvalue weighted by molar-refractivity contribution is -0.134. The summed E-state index contributed by atoms with van der Waals surface area (Å²) >= 11 is 0. The predicted molar refractivity (Wildman–Crippen MR) is 88.2 cm³/mol. The van der Waals surface area contributed by atoms with Crippen molar-refractivity contribution in [3.63, 3.8) is 0 Å². The highest BCUT2D eigenvalue weighted by molar-refractivity contribution is 5.83. The molecule has 1 aliphatic rings. The van der Waals surface area contributed by atoms with Crippen LogP contribution in [0.5, 0.6) is 5.75 Å². The van der Waals surface area contributed by atoms with Crippen LogP contribution in [-0.4, -0.2) is 24.0 Å². The van der Waals surface area contributed by atoms with Gasteiger partial charge in [-0.15, -0.1) is 0 Å². The number of benzene rings is 1. The van der Waals surface area contributed by atoms with Gasteiger partial charge in [-0.1, -0.05) is 0 Å². The molecule has 1 aliphatic carbocycles. The van der Waals surface area contributed by atoms with Crippen molar-refractivity contribution >= 4 is 16.9 Å². The quantitative estimate of drug-likeness (QED) is 0.860. The number of carbonyl (C=O) groups is 1. The smallest absolute Gasteiger partial charge is 0.339 e. The van der Waals surface area contributed by atoms with E-state index in [1.165, 1.54) is 6.92 Å². The van der Waals surface area contributed by atoms with Crippen molar-refractivity contribution < 1.29 is 22.7 Å². The van der Waals surface area contributed by atoms with Crippen LogP contribution in [0.15, 0.2) is 27.4 Å². The molecule has 0 spiro atoms. The second-order valence-electron chi connectivity index (χ2n) is 6.53. The number of carbonyl (C=O) groups excluding carboxylic acids is 1. The Labute approximate surface area is 143 Å². The fourth-order valence-electron chi connectivity index (χ4n) is 2.84. The van der Waals surface area contributed by atoms with Crippen LogP contribution in [0, 0.1) is 13.8 Å². The Morgan fingerprint density at radius 2 is 2.00 bits per heavy atom. The predicted octanol–water partition coefficient (Wildman–Crippen LogP) is 3.09. The molecule has 1 saturated carbocycles. The number of aryl methyl sites for hydroxylation is 1. The van der Waals surface area contributed by atoms with E-state index < -0.39 is 29.6 Å². The lowest BCUT2D eigenvalue weighted by Gasteiger charge is -2.35. The van der Waals surface area contributed by atoms with Crippen molar-refractivity contribution in [3.8, 4) is 5.75 Å². The molecule has 134 valence electrons. The van der Waals surface area contributed by atoms with E-state index >= 15 is 0 Å². The van der Waals surface area contributed by atoms with Crippen LogP contribution in [0.4, 0.5) is 8.78 Å². The van der Waals surface area contributed by atoms with Gasteiger partial charge < -0.3 is 14.5 Å². The van der Waals surface area contributed by atoms with Crippen molar-refractivity contribution in [2.75, 3.05) is 0 Å². The van der Waals surface area contributed by atoms with Crippen LogP contribution in [0.3, 0.4) is 0 Å². The number of amides is 1. The zero-order chi connectivity index (χ0) is 18.4. The molecule has 0 saturated heterocycles. The lowest BCUT2D eigenvalue weighted by atomic mass is 9.88. The van der Waals surface area contributed by atoms with E-state index in [0.29, 0.717) is 16.9 Å². The molecule has 1 amide bonds. The normalized spacial score (nSPS) is 17.8. The highest BCUT2D eigenvalue weighted by Crippen LogP contribution is 2.37. The Morgan fingerprint density at radius 3 is 2.64 bits per heavy atom. The molecule has 0 radical (unpaired) electrons. The Bertz CT molecular complexity index is 883. The van der Waals surface area contributed by atoms with Gasteiger partial charge in [0.15, 0.2) is 6.10 Å². The minimum atomic E-state index is -2.69. The summed E-state index contributed by atoms with van der Waals surface area (Å²) in [5, 5.41) is 3.33. The summed E-state index contributed by atoms with van der Waals surface area (Å²) in [7, 11) is 0. The van der Waals surface area contributed by atoms with Crippen LogP contribution in [0.25, 0.3) is 11.0 Å². The largest absolute Gasteiger partial charge is 0.481 e. The molecule has 1 aromatic heterocycles. The zero-order valence-corrected chi connectivity index (χ0v) is 14.2. The van der Waals surface area contributed by atoms with Gasteiger partial charge in [-0.25, -0.2) is 13.6 Å². The minimum Gasteiger partial charge on any atom is -0.481 e. The third-order valence-electron chi connectivity index (χ3n) is 4.55. The number of ether oxygens (including phenoxy) is 1. The first-order valence-corrected chi connectivity index (χ1v) is 8.05. The summed E-state index contributed by atoms with van der Waals surface area (Å²) in [6, 6.07) is 4.46. The summed E-state index contributed by atoms with van der Waals surface area (Å²) in [5.41, 5.74) is 1.33. The first-order chi connectivity index (χ1) is 11.7. The number of nitrogens with one attached hydrogen (secondary N) is 1. The van der Waals surface area contributed by atoms with Crippen molar-refractivity contribution in [1.29, 1.82) is 0 Å². The highest BCUT2D eigenvalue weighted by Gasteiger charge is 2.46. The number of hydrogen-bond acceptors (Lipinski definition) is 4. The monoisotopic (exact) mass is 351 g/mol. The van der Waals surface area contributed by atoms with Crippen molar-refractivity contribution in [3.05, 3.63) is 39.7 Å². The Hall–Kier alpha value is -2.44. The van der Waals surface area contributed by atoms with Gasteiger partial charge in [-0.2, -0.15) is 0 Å². The van der Waals surface area contributed by atoms with Gasteiger partial charge in [-0.3, -0.25) is 4.79 Å². The molecule has 2 aromatic rings. The van der Waals surface area contributed by atoms with Gasteiger partial charge in [-0.05, 0) is 38.5 Å². The van der Waals surface area contributed by atoms with Gasteiger partial charge in [0.25, 0.3) is 11.8 Å². The van der Waals surface area contributed by atoms with Crippen LogP contribution in [0.2, 0.25) is 0 Å². The summed E-state index contributed by atoms with van der Waals surface area (Å²) < 4.78 is 36.4. The number of alkyl halides is 2.